The first-order valence-corrected chi connectivity index (χ1v) is 5.45. The first kappa shape index (κ1) is 9.46. The van der Waals surface area contributed by atoms with Crippen LogP contribution in [0.2, 0.25) is 0 Å². The molecule has 1 aromatic rings. The molecule has 1 heterocycles. The second-order valence-electron chi connectivity index (χ2n) is 3.29. The van der Waals surface area contributed by atoms with E-state index in [1.54, 1.807) is 17.4 Å². The van der Waals surface area contributed by atoms with E-state index in [9.17, 15) is 4.79 Å². The number of hydrogen-bond acceptors (Lipinski definition) is 3. The molecular formula is C11H12O2S. The van der Waals surface area contributed by atoms with Crippen molar-refractivity contribution in [3.05, 3.63) is 27.5 Å². The minimum Gasteiger partial charge on any atom is -0.465 e. The molecule has 0 saturated heterocycles. The van der Waals surface area contributed by atoms with Gasteiger partial charge in [0.1, 0.15) is 0 Å². The number of hydrogen-bond donors (Lipinski definition) is 0. The Kier molecular flexibility index (Phi) is 2.42. The summed E-state index contributed by atoms with van der Waals surface area (Å²) in [5.41, 5.74) is 1.94. The van der Waals surface area contributed by atoms with E-state index in [1.807, 2.05) is 0 Å². The summed E-state index contributed by atoms with van der Waals surface area (Å²) in [7, 11) is 1.42. The van der Waals surface area contributed by atoms with Gasteiger partial charge in [0.15, 0.2) is 0 Å². The van der Waals surface area contributed by atoms with Gasteiger partial charge in [-0.2, -0.15) is 0 Å². The van der Waals surface area contributed by atoms with E-state index in [0.717, 1.165) is 29.7 Å². The van der Waals surface area contributed by atoms with Crippen LogP contribution >= 0.6 is 11.3 Å². The van der Waals surface area contributed by atoms with Crippen molar-refractivity contribution in [3.63, 3.8) is 0 Å². The standard InChI is InChI=1S/C11H12O2S/c1-3-8-10(11(12)13-2)7-5-4-6-9(7)14-8/h3H,1,4-6H2,2H3. The molecular weight excluding hydrogens is 196 g/mol. The number of fused-ring (bicyclic) bond motifs is 1. The summed E-state index contributed by atoms with van der Waals surface area (Å²) in [4.78, 5) is 13.8. The molecule has 1 aromatic heterocycles. The lowest BCUT2D eigenvalue weighted by molar-refractivity contribution is 0.0600. The Morgan fingerprint density at radius 1 is 1.57 bits per heavy atom. The maximum atomic E-state index is 11.6. The number of rotatable bonds is 2. The Balaban J connectivity index is 2.54. The van der Waals surface area contributed by atoms with Crippen LogP contribution in [0.25, 0.3) is 6.08 Å². The molecule has 2 rings (SSSR count). The fourth-order valence-corrected chi connectivity index (χ4v) is 3.13. The second-order valence-corrected chi connectivity index (χ2v) is 4.43. The number of esters is 1. The summed E-state index contributed by atoms with van der Waals surface area (Å²) < 4.78 is 4.78. The van der Waals surface area contributed by atoms with Crippen molar-refractivity contribution in [1.82, 2.24) is 0 Å². The maximum Gasteiger partial charge on any atom is 0.339 e. The normalized spacial score (nSPS) is 13.8. The first-order valence-electron chi connectivity index (χ1n) is 4.63. The first-order chi connectivity index (χ1) is 6.77. The van der Waals surface area contributed by atoms with Gasteiger partial charge in [-0.3, -0.25) is 0 Å². The number of carbonyl (C=O) groups is 1. The van der Waals surface area contributed by atoms with E-state index in [-0.39, 0.29) is 5.97 Å². The van der Waals surface area contributed by atoms with Crippen molar-refractivity contribution < 1.29 is 9.53 Å². The predicted molar refractivity (Wildman–Crippen MR) is 57.8 cm³/mol. The molecule has 0 saturated carbocycles. The molecule has 0 spiro atoms. The van der Waals surface area contributed by atoms with Gasteiger partial charge in [-0.15, -0.1) is 11.3 Å². The molecule has 3 heteroatoms. The van der Waals surface area contributed by atoms with E-state index in [4.69, 9.17) is 4.74 Å². The van der Waals surface area contributed by atoms with Crippen LogP contribution in [0, 0.1) is 0 Å². The SMILES string of the molecule is C=Cc1sc2c(c1C(=O)OC)CCC2. The van der Waals surface area contributed by atoms with E-state index in [0.29, 0.717) is 0 Å². The monoisotopic (exact) mass is 208 g/mol. The van der Waals surface area contributed by atoms with Crippen LogP contribution < -0.4 is 0 Å². The molecule has 74 valence electrons. The molecule has 1 aliphatic carbocycles. The fraction of sp³-hybridized carbons (Fsp3) is 0.364. The number of thiophene rings is 1. The topological polar surface area (TPSA) is 26.3 Å². The average molecular weight is 208 g/mol. The zero-order chi connectivity index (χ0) is 10.1. The Morgan fingerprint density at radius 3 is 3.00 bits per heavy atom. The number of carbonyl (C=O) groups excluding carboxylic acids is 1. The van der Waals surface area contributed by atoms with Crippen LogP contribution in [0.5, 0.6) is 0 Å². The van der Waals surface area contributed by atoms with Crippen molar-refractivity contribution in [2.45, 2.75) is 19.3 Å². The Hall–Kier alpha value is -1.09. The van der Waals surface area contributed by atoms with Gasteiger partial charge < -0.3 is 4.74 Å². The van der Waals surface area contributed by atoms with Crippen LogP contribution in [0.4, 0.5) is 0 Å². The van der Waals surface area contributed by atoms with Crippen molar-refractivity contribution >= 4 is 23.4 Å². The predicted octanol–water partition coefficient (Wildman–Crippen LogP) is 2.67. The van der Waals surface area contributed by atoms with E-state index < -0.39 is 0 Å². The van der Waals surface area contributed by atoms with Gasteiger partial charge in [0, 0.05) is 9.75 Å². The zero-order valence-electron chi connectivity index (χ0n) is 8.13. The van der Waals surface area contributed by atoms with Crippen molar-refractivity contribution in [1.29, 1.82) is 0 Å². The lowest BCUT2D eigenvalue weighted by Crippen LogP contribution is -2.04. The van der Waals surface area contributed by atoms with Crippen LogP contribution in [0.3, 0.4) is 0 Å². The van der Waals surface area contributed by atoms with Gasteiger partial charge in [-0.25, -0.2) is 4.79 Å². The zero-order valence-corrected chi connectivity index (χ0v) is 8.95. The van der Waals surface area contributed by atoms with Crippen LogP contribution in [-0.2, 0) is 17.6 Å². The van der Waals surface area contributed by atoms with Crippen LogP contribution in [-0.4, -0.2) is 13.1 Å². The summed E-state index contributed by atoms with van der Waals surface area (Å²) in [6.45, 7) is 3.72. The van der Waals surface area contributed by atoms with E-state index >= 15 is 0 Å². The van der Waals surface area contributed by atoms with Crippen LogP contribution in [0.15, 0.2) is 6.58 Å². The maximum absolute atomic E-state index is 11.6. The van der Waals surface area contributed by atoms with Gasteiger partial charge in [-0.1, -0.05) is 12.7 Å². The van der Waals surface area contributed by atoms with Gasteiger partial charge in [-0.05, 0) is 24.8 Å². The van der Waals surface area contributed by atoms with E-state index in [2.05, 4.69) is 6.58 Å². The van der Waals surface area contributed by atoms with Gasteiger partial charge >= 0.3 is 5.97 Å². The third-order valence-corrected chi connectivity index (χ3v) is 3.81. The van der Waals surface area contributed by atoms with Gasteiger partial charge in [0.25, 0.3) is 0 Å². The Morgan fingerprint density at radius 2 is 2.36 bits per heavy atom. The molecule has 14 heavy (non-hydrogen) atoms. The third kappa shape index (κ3) is 1.28. The lowest BCUT2D eigenvalue weighted by atomic mass is 10.1. The molecule has 0 N–H and O–H groups in total. The summed E-state index contributed by atoms with van der Waals surface area (Å²) in [6.07, 6.45) is 5.00. The smallest absolute Gasteiger partial charge is 0.339 e. The van der Waals surface area contributed by atoms with Gasteiger partial charge in [0.2, 0.25) is 0 Å². The molecule has 0 fully saturated rings. The molecule has 2 nitrogen and oxygen atoms in total. The molecule has 0 amide bonds. The molecule has 0 aromatic carbocycles. The van der Waals surface area contributed by atoms with Crippen molar-refractivity contribution in [2.24, 2.45) is 0 Å². The Labute approximate surface area is 87.2 Å². The third-order valence-electron chi connectivity index (χ3n) is 2.52. The summed E-state index contributed by atoms with van der Waals surface area (Å²) in [5, 5.41) is 0. The minimum absolute atomic E-state index is 0.223. The summed E-state index contributed by atoms with van der Waals surface area (Å²) in [6, 6.07) is 0. The minimum atomic E-state index is -0.223. The molecule has 0 bridgehead atoms. The number of aryl methyl sites for hydroxylation is 1. The van der Waals surface area contributed by atoms with Crippen LogP contribution in [0.1, 0.15) is 32.1 Å². The number of ether oxygens (including phenoxy) is 1. The number of methoxy groups -OCH3 is 1. The highest BCUT2D eigenvalue weighted by Gasteiger charge is 2.25. The lowest BCUT2D eigenvalue weighted by Gasteiger charge is -2.00. The van der Waals surface area contributed by atoms with Crippen molar-refractivity contribution in [3.8, 4) is 0 Å². The summed E-state index contributed by atoms with van der Waals surface area (Å²) >= 11 is 1.67. The quantitative estimate of drug-likeness (QED) is 0.698. The molecule has 0 atom stereocenters. The summed E-state index contributed by atoms with van der Waals surface area (Å²) in [5.74, 6) is -0.223. The van der Waals surface area contributed by atoms with Gasteiger partial charge in [0.05, 0.1) is 12.7 Å². The molecule has 0 radical (unpaired) electrons. The van der Waals surface area contributed by atoms with E-state index in [1.165, 1.54) is 17.6 Å². The highest BCUT2D eigenvalue weighted by molar-refractivity contribution is 7.13. The molecule has 0 aliphatic heterocycles. The highest BCUT2D eigenvalue weighted by Crippen LogP contribution is 2.36. The Bertz CT molecular complexity index is 390. The molecule has 0 unspecified atom stereocenters. The average Bonchev–Trinajstić information content (AvgIpc) is 2.74. The highest BCUT2D eigenvalue weighted by atomic mass is 32.1. The van der Waals surface area contributed by atoms with Crippen molar-refractivity contribution in [2.75, 3.05) is 7.11 Å². The largest absolute Gasteiger partial charge is 0.465 e. The second kappa shape index (κ2) is 3.58. The fourth-order valence-electron chi connectivity index (χ4n) is 1.90. The molecule has 1 aliphatic rings.